The second-order valence-electron chi connectivity index (χ2n) is 4.53. The van der Waals surface area contributed by atoms with E-state index in [2.05, 4.69) is 36.3 Å². The summed E-state index contributed by atoms with van der Waals surface area (Å²) in [6, 6.07) is 8.05. The Labute approximate surface area is 112 Å². The first kappa shape index (κ1) is 12.9. The van der Waals surface area contributed by atoms with Crippen LogP contribution in [0.1, 0.15) is 13.8 Å². The molecule has 0 bridgehead atoms. The first-order valence-electron chi connectivity index (χ1n) is 6.03. The van der Waals surface area contributed by atoms with Gasteiger partial charge < -0.3 is 10.1 Å². The highest BCUT2D eigenvalue weighted by molar-refractivity contribution is 7.18. The molecule has 1 heterocycles. The zero-order valence-electron chi connectivity index (χ0n) is 10.9. The number of nitrogens with zero attached hydrogens (tertiary/aromatic N) is 1. The second-order valence-corrected chi connectivity index (χ2v) is 5.56. The zero-order valence-corrected chi connectivity index (χ0v) is 11.8. The average molecular weight is 262 g/mol. The Morgan fingerprint density at radius 2 is 2.00 bits per heavy atom. The van der Waals surface area contributed by atoms with E-state index in [9.17, 15) is 0 Å². The number of aromatic nitrogens is 1. The lowest BCUT2D eigenvalue weighted by atomic mass is 10.2. The lowest BCUT2D eigenvalue weighted by molar-refractivity contribution is 0.415. The van der Waals surface area contributed by atoms with Gasteiger partial charge in [-0.2, -0.15) is 0 Å². The van der Waals surface area contributed by atoms with Crippen LogP contribution in [0.15, 0.2) is 30.5 Å². The van der Waals surface area contributed by atoms with E-state index >= 15 is 0 Å². The maximum Gasteiger partial charge on any atom is 0.183 e. The molecular formula is C14H18N2OS. The number of rotatable bonds is 5. The quantitative estimate of drug-likeness (QED) is 0.887. The van der Waals surface area contributed by atoms with Crippen LogP contribution in [-0.2, 0) is 0 Å². The maximum absolute atomic E-state index is 5.15. The van der Waals surface area contributed by atoms with E-state index in [4.69, 9.17) is 4.74 Å². The Balaban J connectivity index is 2.08. The summed E-state index contributed by atoms with van der Waals surface area (Å²) in [5.41, 5.74) is 1.17. The van der Waals surface area contributed by atoms with Crippen LogP contribution in [0.3, 0.4) is 0 Å². The zero-order chi connectivity index (χ0) is 13.0. The van der Waals surface area contributed by atoms with Crippen LogP contribution in [0.25, 0.3) is 10.4 Å². The summed E-state index contributed by atoms with van der Waals surface area (Å²) in [6.07, 6.45) is 1.91. The molecule has 0 saturated carbocycles. The van der Waals surface area contributed by atoms with E-state index in [1.165, 1.54) is 10.4 Å². The largest absolute Gasteiger partial charge is 0.497 e. The molecule has 0 unspecified atom stereocenters. The van der Waals surface area contributed by atoms with Gasteiger partial charge in [-0.1, -0.05) is 25.2 Å². The smallest absolute Gasteiger partial charge is 0.183 e. The number of nitrogens with one attached hydrogen (secondary N) is 1. The number of anilines is 1. The predicted molar refractivity (Wildman–Crippen MR) is 77.4 cm³/mol. The first-order valence-corrected chi connectivity index (χ1v) is 6.85. The fraction of sp³-hybridized carbons (Fsp3) is 0.357. The summed E-state index contributed by atoms with van der Waals surface area (Å²) in [4.78, 5) is 5.55. The van der Waals surface area contributed by atoms with E-state index < -0.39 is 0 Å². The molecule has 0 atom stereocenters. The molecule has 18 heavy (non-hydrogen) atoms. The van der Waals surface area contributed by atoms with Crippen molar-refractivity contribution in [2.45, 2.75) is 13.8 Å². The average Bonchev–Trinajstić information content (AvgIpc) is 2.85. The lowest BCUT2D eigenvalue weighted by Crippen LogP contribution is -2.07. The van der Waals surface area contributed by atoms with Gasteiger partial charge in [0.2, 0.25) is 0 Å². The highest BCUT2D eigenvalue weighted by atomic mass is 32.1. The molecule has 0 saturated heterocycles. The Kier molecular flexibility index (Phi) is 4.20. The van der Waals surface area contributed by atoms with Crippen molar-refractivity contribution in [2.24, 2.45) is 5.92 Å². The lowest BCUT2D eigenvalue weighted by Gasteiger charge is -2.04. The normalized spacial score (nSPS) is 10.7. The van der Waals surface area contributed by atoms with Gasteiger partial charge in [-0.05, 0) is 35.7 Å². The number of ether oxygens (including phenoxy) is 1. The van der Waals surface area contributed by atoms with Gasteiger partial charge in [0, 0.05) is 12.7 Å². The van der Waals surface area contributed by atoms with E-state index in [0.717, 1.165) is 17.4 Å². The standard InChI is InChI=1S/C14H18N2OS/c1-10(2)8-15-14-16-9-13(18-14)11-4-6-12(17-3)7-5-11/h4-7,9-10H,8H2,1-3H3,(H,15,16). The minimum atomic E-state index is 0.623. The second kappa shape index (κ2) is 5.87. The molecule has 1 aromatic carbocycles. The molecule has 0 fully saturated rings. The molecule has 96 valence electrons. The van der Waals surface area contributed by atoms with Gasteiger partial charge in [-0.25, -0.2) is 4.98 Å². The molecule has 0 radical (unpaired) electrons. The van der Waals surface area contributed by atoms with Crippen molar-refractivity contribution in [3.05, 3.63) is 30.5 Å². The summed E-state index contributed by atoms with van der Waals surface area (Å²) in [6.45, 7) is 5.32. The van der Waals surface area contributed by atoms with Crippen LogP contribution >= 0.6 is 11.3 Å². The Bertz CT molecular complexity index is 491. The van der Waals surface area contributed by atoms with Crippen LogP contribution in [-0.4, -0.2) is 18.6 Å². The van der Waals surface area contributed by atoms with Crippen molar-refractivity contribution in [1.29, 1.82) is 0 Å². The Hall–Kier alpha value is -1.55. The van der Waals surface area contributed by atoms with E-state index in [1.54, 1.807) is 18.4 Å². The molecule has 3 nitrogen and oxygen atoms in total. The molecular weight excluding hydrogens is 244 g/mol. The van der Waals surface area contributed by atoms with Gasteiger partial charge in [-0.15, -0.1) is 0 Å². The van der Waals surface area contributed by atoms with Gasteiger partial charge in [0.1, 0.15) is 5.75 Å². The number of methoxy groups -OCH3 is 1. The molecule has 0 aliphatic heterocycles. The SMILES string of the molecule is COc1ccc(-c2cnc(NCC(C)C)s2)cc1. The van der Waals surface area contributed by atoms with E-state index in [-0.39, 0.29) is 0 Å². The van der Waals surface area contributed by atoms with Gasteiger partial charge in [-0.3, -0.25) is 0 Å². The molecule has 0 aliphatic rings. The molecule has 4 heteroatoms. The van der Waals surface area contributed by atoms with Crippen LogP contribution in [0.4, 0.5) is 5.13 Å². The van der Waals surface area contributed by atoms with Crippen LogP contribution < -0.4 is 10.1 Å². The fourth-order valence-corrected chi connectivity index (χ4v) is 2.36. The van der Waals surface area contributed by atoms with Crippen molar-refractivity contribution in [3.8, 4) is 16.2 Å². The number of thiazole rings is 1. The number of hydrogen-bond acceptors (Lipinski definition) is 4. The van der Waals surface area contributed by atoms with E-state index in [0.29, 0.717) is 5.92 Å². The molecule has 2 aromatic rings. The molecule has 2 rings (SSSR count). The van der Waals surface area contributed by atoms with Gasteiger partial charge in [0.05, 0.1) is 12.0 Å². The Morgan fingerprint density at radius 3 is 2.61 bits per heavy atom. The first-order chi connectivity index (χ1) is 8.69. The third-order valence-electron chi connectivity index (χ3n) is 2.54. The van der Waals surface area contributed by atoms with Crippen molar-refractivity contribution in [2.75, 3.05) is 19.0 Å². The topological polar surface area (TPSA) is 34.1 Å². The predicted octanol–water partition coefficient (Wildman–Crippen LogP) is 3.89. The summed E-state index contributed by atoms with van der Waals surface area (Å²) in [5, 5.41) is 4.32. The van der Waals surface area contributed by atoms with Gasteiger partial charge >= 0.3 is 0 Å². The summed E-state index contributed by atoms with van der Waals surface area (Å²) in [5.74, 6) is 1.50. The van der Waals surface area contributed by atoms with Crippen molar-refractivity contribution >= 4 is 16.5 Å². The van der Waals surface area contributed by atoms with E-state index in [1.807, 2.05) is 18.3 Å². The highest BCUT2D eigenvalue weighted by Gasteiger charge is 2.05. The third kappa shape index (κ3) is 3.23. The van der Waals surface area contributed by atoms with Crippen LogP contribution in [0.5, 0.6) is 5.75 Å². The van der Waals surface area contributed by atoms with Crippen LogP contribution in [0.2, 0.25) is 0 Å². The summed E-state index contributed by atoms with van der Waals surface area (Å²) >= 11 is 1.68. The maximum atomic E-state index is 5.15. The molecule has 1 N–H and O–H groups in total. The highest BCUT2D eigenvalue weighted by Crippen LogP contribution is 2.30. The van der Waals surface area contributed by atoms with Gasteiger partial charge in [0.15, 0.2) is 5.13 Å². The van der Waals surface area contributed by atoms with Crippen LogP contribution in [0, 0.1) is 5.92 Å². The molecule has 0 aliphatic carbocycles. The fourth-order valence-electron chi connectivity index (χ4n) is 1.54. The molecule has 0 amide bonds. The monoisotopic (exact) mass is 262 g/mol. The van der Waals surface area contributed by atoms with Crippen molar-refractivity contribution in [3.63, 3.8) is 0 Å². The summed E-state index contributed by atoms with van der Waals surface area (Å²) in [7, 11) is 1.68. The minimum absolute atomic E-state index is 0.623. The minimum Gasteiger partial charge on any atom is -0.497 e. The number of hydrogen-bond donors (Lipinski definition) is 1. The number of benzene rings is 1. The van der Waals surface area contributed by atoms with Crippen molar-refractivity contribution in [1.82, 2.24) is 4.98 Å². The Morgan fingerprint density at radius 1 is 1.28 bits per heavy atom. The van der Waals surface area contributed by atoms with Crippen molar-refractivity contribution < 1.29 is 4.74 Å². The molecule has 0 spiro atoms. The summed E-state index contributed by atoms with van der Waals surface area (Å²) < 4.78 is 5.15. The van der Waals surface area contributed by atoms with Gasteiger partial charge in [0.25, 0.3) is 0 Å². The molecule has 1 aromatic heterocycles. The third-order valence-corrected chi connectivity index (χ3v) is 3.55.